The maximum absolute atomic E-state index is 12.7. The fourth-order valence-corrected chi connectivity index (χ4v) is 5.98. The zero-order valence-electron chi connectivity index (χ0n) is 26.7. The zero-order valence-corrected chi connectivity index (χ0v) is 29.2. The molecule has 2 saturated heterocycles. The zero-order chi connectivity index (χ0) is 36.2. The van der Waals surface area contributed by atoms with E-state index in [1.165, 1.54) is 61.2 Å². The Hall–Kier alpha value is -3.34. The highest BCUT2D eigenvalue weighted by molar-refractivity contribution is 7.84. The number of nitrogens with zero attached hydrogens (tertiary/aromatic N) is 4. The van der Waals surface area contributed by atoms with Gasteiger partial charge in [-0.05, 0) is 74.6 Å². The number of benzene rings is 2. The van der Waals surface area contributed by atoms with E-state index in [2.05, 4.69) is 47.8 Å². The molecule has 3 heterocycles. The van der Waals surface area contributed by atoms with Gasteiger partial charge in [-0.1, -0.05) is 72.4 Å². The van der Waals surface area contributed by atoms with Crippen molar-refractivity contribution in [2.45, 2.75) is 45.4 Å². The van der Waals surface area contributed by atoms with Crippen LogP contribution in [-0.4, -0.2) is 64.3 Å². The predicted molar refractivity (Wildman–Crippen MR) is 173 cm³/mol. The van der Waals surface area contributed by atoms with Crippen molar-refractivity contribution >= 4 is 31.3 Å². The molecule has 2 fully saturated rings. The molecule has 0 amide bonds. The highest BCUT2D eigenvalue weighted by Gasteiger charge is 2.27. The van der Waals surface area contributed by atoms with Gasteiger partial charge < -0.3 is 9.87 Å². The van der Waals surface area contributed by atoms with E-state index in [4.69, 9.17) is 18.2 Å². The molecule has 0 saturated carbocycles. The lowest BCUT2D eigenvalue weighted by molar-refractivity contribution is -0.670. The van der Waals surface area contributed by atoms with Gasteiger partial charge in [0.25, 0.3) is 16.8 Å². The molecule has 0 spiro atoms. The average molecular weight is 738 g/mol. The number of piperidine rings is 2. The van der Waals surface area contributed by atoms with Crippen LogP contribution in [0, 0.1) is 23.2 Å². The molecule has 2 aliphatic heterocycles. The Morgan fingerprint density at radius 1 is 0.812 bits per heavy atom. The quantitative estimate of drug-likeness (QED) is 0.225. The van der Waals surface area contributed by atoms with E-state index in [0.717, 1.165) is 42.0 Å². The maximum atomic E-state index is 12.7. The third-order valence-corrected chi connectivity index (χ3v) is 8.77. The second-order valence-electron chi connectivity index (χ2n) is 10.8. The third-order valence-electron chi connectivity index (χ3n) is 7.07. The lowest BCUT2D eigenvalue weighted by Crippen LogP contribution is -2.36. The van der Waals surface area contributed by atoms with Crippen molar-refractivity contribution in [1.29, 1.82) is 5.26 Å². The van der Waals surface area contributed by atoms with Crippen molar-refractivity contribution in [3.05, 3.63) is 90.5 Å². The molecule has 268 valence electrons. The van der Waals surface area contributed by atoms with Crippen molar-refractivity contribution in [2.24, 2.45) is 18.9 Å². The Kier molecular flexibility index (Phi) is 19.2. The molecule has 18 heteroatoms. The minimum absolute atomic E-state index is 0.302. The molecule has 0 radical (unpaired) electrons. The number of nitrogens with one attached hydrogen (secondary N) is 1. The standard InChI is InChI=1S/C12H16FNO2S.C12H17N.C4H6FN2O2S.C2H3N.FHO3S/c13-17(15,16)14-8-6-12(7-9-14)10-11-4-2-1-3-5-11;1-2-4-11(5-3-1)10-12-6-8-13-9-7-12;1-6-2-3-7(4-6)10(5,8)9;1-2-3;1-5(2,3)4/h1-5,12H,6-10H2;1-5,12-13H,6-10H2;2-4H,1H3;1H3;(H,2,3,4)/q;;+1;;/p-1. The molecule has 2 aliphatic rings. The normalized spacial score (nSPS) is 15.8. The van der Waals surface area contributed by atoms with Crippen molar-refractivity contribution in [3.8, 4) is 6.07 Å². The van der Waals surface area contributed by atoms with E-state index >= 15 is 0 Å². The molecule has 2 aromatic carbocycles. The Labute approximate surface area is 282 Å². The lowest BCUT2D eigenvalue weighted by atomic mass is 9.91. The second-order valence-corrected chi connectivity index (χ2v) is 14.2. The van der Waals surface area contributed by atoms with Crippen LogP contribution in [0.1, 0.15) is 43.7 Å². The summed E-state index contributed by atoms with van der Waals surface area (Å²) in [5, 5.41) is 10.7. The number of nitriles is 1. The van der Waals surface area contributed by atoms with E-state index in [0.29, 0.717) is 23.0 Å². The summed E-state index contributed by atoms with van der Waals surface area (Å²) in [7, 11) is -12.9. The molecule has 1 aromatic heterocycles. The maximum Gasteiger partial charge on any atom is 0.480 e. The molecule has 0 unspecified atom stereocenters. The molecular formula is C30H42F3N5O7S3. The number of aromatic nitrogens is 2. The van der Waals surface area contributed by atoms with E-state index in [-0.39, 0.29) is 0 Å². The highest BCUT2D eigenvalue weighted by atomic mass is 32.3. The van der Waals surface area contributed by atoms with E-state index in [9.17, 15) is 28.5 Å². The van der Waals surface area contributed by atoms with Crippen LogP contribution in [0.4, 0.5) is 11.7 Å². The number of imidazole rings is 1. The second kappa shape index (κ2) is 21.6. The van der Waals surface area contributed by atoms with E-state index in [1.54, 1.807) is 13.1 Å². The van der Waals surface area contributed by atoms with Crippen LogP contribution in [0.25, 0.3) is 0 Å². The van der Waals surface area contributed by atoms with Gasteiger partial charge in [-0.25, -0.2) is 13.0 Å². The smallest absolute Gasteiger partial charge is 0.480 e. The van der Waals surface area contributed by atoms with Crippen LogP contribution in [-0.2, 0) is 51.2 Å². The Morgan fingerprint density at radius 3 is 1.52 bits per heavy atom. The van der Waals surface area contributed by atoms with Gasteiger partial charge in [-0.3, -0.25) is 0 Å². The number of rotatable bonds is 6. The highest BCUT2D eigenvalue weighted by Crippen LogP contribution is 2.23. The summed E-state index contributed by atoms with van der Waals surface area (Å²) in [5.41, 5.74) is 2.75. The van der Waals surface area contributed by atoms with Gasteiger partial charge in [0.05, 0.1) is 13.1 Å². The van der Waals surface area contributed by atoms with Gasteiger partial charge in [-0.2, -0.15) is 26.4 Å². The molecule has 1 N–H and O–H groups in total. The number of halogens is 3. The van der Waals surface area contributed by atoms with Gasteiger partial charge in [0.2, 0.25) is 0 Å². The third kappa shape index (κ3) is 20.8. The van der Waals surface area contributed by atoms with E-state index < -0.39 is 31.3 Å². The van der Waals surface area contributed by atoms with Gasteiger partial charge in [0, 0.05) is 20.0 Å². The summed E-state index contributed by atoms with van der Waals surface area (Å²) < 4.78 is 105. The van der Waals surface area contributed by atoms with Gasteiger partial charge in [-0.15, -0.1) is 3.89 Å². The number of hydrogen-bond acceptors (Lipinski definition) is 9. The Bertz CT molecular complexity index is 1690. The van der Waals surface area contributed by atoms with Crippen LogP contribution in [0.2, 0.25) is 0 Å². The first-order chi connectivity index (χ1) is 22.4. The number of hydrogen-bond donors (Lipinski definition) is 1. The minimum atomic E-state index is -5.42. The van der Waals surface area contributed by atoms with Crippen molar-refractivity contribution < 1.29 is 46.0 Å². The molecule has 48 heavy (non-hydrogen) atoms. The monoisotopic (exact) mass is 737 g/mol. The average Bonchev–Trinajstić information content (AvgIpc) is 3.46. The molecule has 5 rings (SSSR count). The van der Waals surface area contributed by atoms with Gasteiger partial charge >= 0.3 is 20.8 Å². The molecule has 0 aliphatic carbocycles. The van der Waals surface area contributed by atoms with Crippen molar-refractivity contribution in [1.82, 2.24) is 13.6 Å². The summed E-state index contributed by atoms with van der Waals surface area (Å²) in [6.45, 7) is 4.45. The van der Waals surface area contributed by atoms with E-state index in [1.807, 2.05) is 18.2 Å². The van der Waals surface area contributed by atoms with Crippen LogP contribution in [0.5, 0.6) is 0 Å². The topological polar surface area (TPSA) is 173 Å². The summed E-state index contributed by atoms with van der Waals surface area (Å²) >= 11 is 0. The Morgan fingerprint density at radius 2 is 1.21 bits per heavy atom. The molecule has 3 aromatic rings. The first kappa shape index (κ1) is 42.7. The van der Waals surface area contributed by atoms with Crippen molar-refractivity contribution in [3.63, 3.8) is 0 Å². The predicted octanol–water partition coefficient (Wildman–Crippen LogP) is 3.71. The molecular weight excluding hydrogens is 696 g/mol. The lowest BCUT2D eigenvalue weighted by Gasteiger charge is -2.28. The van der Waals surface area contributed by atoms with Gasteiger partial charge in [0.15, 0.2) is 0 Å². The molecule has 0 atom stereocenters. The fourth-order valence-electron chi connectivity index (χ4n) is 4.87. The number of aryl methyl sites for hydroxylation is 1. The fraction of sp³-hybridized carbons (Fsp3) is 0.467. The van der Waals surface area contributed by atoms with Crippen LogP contribution in [0.15, 0.2) is 79.4 Å². The summed E-state index contributed by atoms with van der Waals surface area (Å²) in [4.78, 5) is 0. The first-order valence-electron chi connectivity index (χ1n) is 14.8. The minimum Gasteiger partial charge on any atom is -0.722 e. The summed E-state index contributed by atoms with van der Waals surface area (Å²) in [6, 6.07) is 22.7. The van der Waals surface area contributed by atoms with Gasteiger partial charge in [0.1, 0.15) is 12.4 Å². The van der Waals surface area contributed by atoms with Crippen LogP contribution >= 0.6 is 0 Å². The van der Waals surface area contributed by atoms with Crippen LogP contribution in [0.3, 0.4) is 0 Å². The SMILES string of the molecule is CC#N.C[n+]1ccn(S(=O)(=O)F)c1.O=S(=O)(F)N1CCC(Cc2ccccc2)CC1.O=S(=O)([O-])F.c1ccc(CC2CCNCC2)cc1. The largest absolute Gasteiger partial charge is 0.722 e. The first-order valence-corrected chi connectivity index (χ1v) is 18.8. The summed E-state index contributed by atoms with van der Waals surface area (Å²) in [6.07, 6.45) is 10.0. The summed E-state index contributed by atoms with van der Waals surface area (Å²) in [5.74, 6) is 1.36. The molecule has 12 nitrogen and oxygen atoms in total. The van der Waals surface area contributed by atoms with Crippen LogP contribution < -0.4 is 9.88 Å². The molecule has 0 bridgehead atoms. The van der Waals surface area contributed by atoms with Crippen molar-refractivity contribution in [2.75, 3.05) is 26.2 Å². The Balaban J connectivity index is 0.000000332.